The fourth-order valence-corrected chi connectivity index (χ4v) is 2.08. The Kier molecular flexibility index (Phi) is 3.56. The molecule has 1 aromatic carbocycles. The van der Waals surface area contributed by atoms with Crippen LogP contribution in [0.15, 0.2) is 39.9 Å². The molecule has 0 aliphatic rings. The highest BCUT2D eigenvalue weighted by Crippen LogP contribution is 2.15. The number of carbonyl (C=O) groups excluding carboxylic acids is 1. The minimum Gasteiger partial charge on any atom is -0.373 e. The molecule has 6 nitrogen and oxygen atoms in total. The lowest BCUT2D eigenvalue weighted by Gasteiger charge is -2.16. The Morgan fingerprint density at radius 1 is 1.15 bits per heavy atom. The maximum Gasteiger partial charge on any atom is 0.336 e. The second kappa shape index (κ2) is 5.16. The van der Waals surface area contributed by atoms with Crippen LogP contribution in [0.4, 0.5) is 5.82 Å². The fourth-order valence-electron chi connectivity index (χ4n) is 2.08. The molecule has 1 aromatic heterocycles. The Balaban J connectivity index is 2.98. The van der Waals surface area contributed by atoms with Crippen LogP contribution in [0.1, 0.15) is 17.3 Å². The summed E-state index contributed by atoms with van der Waals surface area (Å²) in [6.07, 6.45) is 0. The van der Waals surface area contributed by atoms with Crippen LogP contribution >= 0.6 is 0 Å². The predicted molar refractivity (Wildman–Crippen MR) is 76.8 cm³/mol. The average Bonchev–Trinajstić information content (AvgIpc) is 2.44. The molecule has 0 aliphatic heterocycles. The van der Waals surface area contributed by atoms with E-state index in [1.54, 1.807) is 31.3 Å². The minimum atomic E-state index is -0.598. The molecule has 6 heteroatoms. The number of benzene rings is 1. The number of aromatic nitrogens is 2. The molecule has 104 valence electrons. The van der Waals surface area contributed by atoms with E-state index in [1.165, 1.54) is 18.5 Å². The van der Waals surface area contributed by atoms with Gasteiger partial charge in [-0.2, -0.15) is 0 Å². The van der Waals surface area contributed by atoms with Gasteiger partial charge in [0.15, 0.2) is 5.78 Å². The Morgan fingerprint density at radius 3 is 2.25 bits per heavy atom. The van der Waals surface area contributed by atoms with Crippen molar-refractivity contribution >= 4 is 11.6 Å². The fraction of sp³-hybridized carbons (Fsp3) is 0.214. The zero-order valence-corrected chi connectivity index (χ0v) is 11.5. The number of nitrogens with one attached hydrogen (secondary N) is 1. The van der Waals surface area contributed by atoms with E-state index in [0.717, 1.165) is 4.57 Å². The van der Waals surface area contributed by atoms with Gasteiger partial charge in [0.25, 0.3) is 5.56 Å². The van der Waals surface area contributed by atoms with Gasteiger partial charge in [0.05, 0.1) is 5.69 Å². The number of para-hydroxylation sites is 1. The van der Waals surface area contributed by atoms with E-state index in [0.29, 0.717) is 5.69 Å². The van der Waals surface area contributed by atoms with Crippen LogP contribution in [0.25, 0.3) is 5.69 Å². The first-order chi connectivity index (χ1) is 9.49. The molecule has 1 heterocycles. The maximum atomic E-state index is 12.3. The summed E-state index contributed by atoms with van der Waals surface area (Å²) in [6.45, 7) is 1.30. The second-order valence-corrected chi connectivity index (χ2v) is 4.35. The number of anilines is 1. The van der Waals surface area contributed by atoms with Crippen LogP contribution in [-0.2, 0) is 7.05 Å². The van der Waals surface area contributed by atoms with Crippen LogP contribution in [0, 0.1) is 0 Å². The molecular formula is C14H15N3O3. The summed E-state index contributed by atoms with van der Waals surface area (Å²) in [4.78, 5) is 36.1. The first kappa shape index (κ1) is 13.8. The summed E-state index contributed by atoms with van der Waals surface area (Å²) >= 11 is 0. The van der Waals surface area contributed by atoms with E-state index in [-0.39, 0.29) is 17.2 Å². The second-order valence-electron chi connectivity index (χ2n) is 4.35. The molecule has 0 radical (unpaired) electrons. The van der Waals surface area contributed by atoms with Crippen molar-refractivity contribution in [2.24, 2.45) is 7.05 Å². The van der Waals surface area contributed by atoms with Crippen molar-refractivity contribution in [2.75, 3.05) is 12.4 Å². The highest BCUT2D eigenvalue weighted by atomic mass is 16.2. The lowest BCUT2D eigenvalue weighted by molar-refractivity contribution is 0.101. The SMILES string of the molecule is CNc1c(C(C)=O)c(=O)n(C)c(=O)n1-c1ccccc1. The standard InChI is InChI=1S/C14H15N3O3/c1-9(18)11-12(15-2)17(10-7-5-4-6-8-10)14(20)16(3)13(11)19/h4-8,15H,1-3H3. The normalized spacial score (nSPS) is 10.3. The first-order valence-corrected chi connectivity index (χ1v) is 6.09. The third-order valence-corrected chi connectivity index (χ3v) is 3.06. The Bertz CT molecular complexity index is 773. The van der Waals surface area contributed by atoms with Crippen LogP contribution in [0.3, 0.4) is 0 Å². The molecule has 0 fully saturated rings. The molecule has 0 aliphatic carbocycles. The molecule has 0 saturated heterocycles. The number of hydrogen-bond donors (Lipinski definition) is 1. The molecule has 0 saturated carbocycles. The van der Waals surface area contributed by atoms with Gasteiger partial charge in [0.2, 0.25) is 0 Å². The number of hydrogen-bond acceptors (Lipinski definition) is 4. The van der Waals surface area contributed by atoms with E-state index in [1.807, 2.05) is 6.07 Å². The van der Waals surface area contributed by atoms with Crippen molar-refractivity contribution in [3.05, 3.63) is 56.7 Å². The predicted octanol–water partition coefficient (Wildman–Crippen LogP) is 0.780. The Morgan fingerprint density at radius 2 is 1.75 bits per heavy atom. The van der Waals surface area contributed by atoms with Crippen molar-refractivity contribution < 1.29 is 4.79 Å². The lowest BCUT2D eigenvalue weighted by Crippen LogP contribution is -2.41. The van der Waals surface area contributed by atoms with Crippen LogP contribution < -0.4 is 16.6 Å². The van der Waals surface area contributed by atoms with Gasteiger partial charge in [-0.1, -0.05) is 18.2 Å². The van der Waals surface area contributed by atoms with Crippen molar-refractivity contribution in [2.45, 2.75) is 6.92 Å². The Labute approximate surface area is 115 Å². The molecule has 0 spiro atoms. The Hall–Kier alpha value is -2.63. The van der Waals surface area contributed by atoms with Gasteiger partial charge in [0, 0.05) is 14.1 Å². The van der Waals surface area contributed by atoms with Crippen molar-refractivity contribution in [1.29, 1.82) is 0 Å². The van der Waals surface area contributed by atoms with Crippen molar-refractivity contribution in [1.82, 2.24) is 9.13 Å². The van der Waals surface area contributed by atoms with Crippen LogP contribution in [0.5, 0.6) is 0 Å². The third-order valence-electron chi connectivity index (χ3n) is 3.06. The van der Waals surface area contributed by atoms with Gasteiger partial charge in [-0.05, 0) is 19.1 Å². The number of Topliss-reactive ketones (excluding diaryl/α,β-unsaturated/α-hetero) is 1. The molecule has 1 N–H and O–H groups in total. The van der Waals surface area contributed by atoms with Crippen LogP contribution in [-0.4, -0.2) is 22.0 Å². The smallest absolute Gasteiger partial charge is 0.336 e. The zero-order valence-electron chi connectivity index (χ0n) is 11.5. The van der Waals surface area contributed by atoms with Crippen molar-refractivity contribution in [3.63, 3.8) is 0 Å². The largest absolute Gasteiger partial charge is 0.373 e. The average molecular weight is 273 g/mol. The number of rotatable bonds is 3. The first-order valence-electron chi connectivity index (χ1n) is 6.09. The van der Waals surface area contributed by atoms with E-state index >= 15 is 0 Å². The summed E-state index contributed by atoms with van der Waals surface area (Å²) in [6, 6.07) is 8.84. The zero-order chi connectivity index (χ0) is 14.9. The van der Waals surface area contributed by atoms with Gasteiger partial charge >= 0.3 is 5.69 Å². The summed E-state index contributed by atoms with van der Waals surface area (Å²) < 4.78 is 2.25. The molecule has 0 amide bonds. The molecule has 0 unspecified atom stereocenters. The number of carbonyl (C=O) groups is 1. The van der Waals surface area contributed by atoms with E-state index in [9.17, 15) is 14.4 Å². The summed E-state index contributed by atoms with van der Waals surface area (Å²) in [7, 11) is 2.93. The van der Waals surface area contributed by atoms with Crippen molar-refractivity contribution in [3.8, 4) is 5.69 Å². The third kappa shape index (κ3) is 2.05. The highest BCUT2D eigenvalue weighted by molar-refractivity contribution is 5.98. The minimum absolute atomic E-state index is 0.0292. The van der Waals surface area contributed by atoms with E-state index in [2.05, 4.69) is 5.32 Å². The molecule has 20 heavy (non-hydrogen) atoms. The monoisotopic (exact) mass is 273 g/mol. The quantitative estimate of drug-likeness (QED) is 0.839. The molecule has 2 rings (SSSR count). The summed E-state index contributed by atoms with van der Waals surface area (Å²) in [5.74, 6) is -0.184. The van der Waals surface area contributed by atoms with E-state index in [4.69, 9.17) is 0 Å². The van der Waals surface area contributed by atoms with E-state index < -0.39 is 11.2 Å². The molecule has 2 aromatic rings. The van der Waals surface area contributed by atoms with Gasteiger partial charge in [-0.25, -0.2) is 9.36 Å². The maximum absolute atomic E-state index is 12.3. The van der Waals surface area contributed by atoms with Crippen LogP contribution in [0.2, 0.25) is 0 Å². The number of nitrogens with zero attached hydrogens (tertiary/aromatic N) is 2. The van der Waals surface area contributed by atoms with Gasteiger partial charge in [-0.15, -0.1) is 0 Å². The lowest BCUT2D eigenvalue weighted by atomic mass is 10.2. The highest BCUT2D eigenvalue weighted by Gasteiger charge is 2.20. The summed E-state index contributed by atoms with van der Waals surface area (Å²) in [5, 5.41) is 2.78. The topological polar surface area (TPSA) is 73.1 Å². The molecular weight excluding hydrogens is 258 g/mol. The molecule has 0 atom stereocenters. The van der Waals surface area contributed by atoms with Gasteiger partial charge in [0.1, 0.15) is 11.4 Å². The van der Waals surface area contributed by atoms with Gasteiger partial charge < -0.3 is 5.32 Å². The number of ketones is 1. The van der Waals surface area contributed by atoms with Gasteiger partial charge in [-0.3, -0.25) is 14.2 Å². The summed E-state index contributed by atoms with van der Waals surface area (Å²) in [5.41, 5.74) is -0.548. The molecule has 0 bridgehead atoms.